The summed E-state index contributed by atoms with van der Waals surface area (Å²) in [5, 5.41) is 10.7. The molecule has 0 unspecified atom stereocenters. The van der Waals surface area contributed by atoms with E-state index in [1.807, 2.05) is 23.9 Å². The number of guanidine groups is 1. The minimum atomic E-state index is 0. The van der Waals surface area contributed by atoms with Gasteiger partial charge in [0.2, 0.25) is 0 Å². The summed E-state index contributed by atoms with van der Waals surface area (Å²) in [6.45, 7) is 8.87. The monoisotopic (exact) mass is 395 g/mol. The smallest absolute Gasteiger partial charge is 0.191 e. The molecule has 6 nitrogen and oxygen atoms in total. The second kappa shape index (κ2) is 13.2. The normalized spacial score (nSPS) is 11.0. The van der Waals surface area contributed by atoms with E-state index in [0.717, 1.165) is 51.8 Å². The molecule has 0 aromatic carbocycles. The predicted octanol–water partition coefficient (Wildman–Crippen LogP) is 1.48. The number of ether oxygens (including phenoxy) is 1. The van der Waals surface area contributed by atoms with E-state index in [-0.39, 0.29) is 24.0 Å². The van der Waals surface area contributed by atoms with E-state index >= 15 is 0 Å². The first kappa shape index (κ1) is 19.2. The Kier molecular flexibility index (Phi) is 12.6. The van der Waals surface area contributed by atoms with Crippen molar-refractivity contribution in [3.63, 3.8) is 0 Å². The maximum Gasteiger partial charge on any atom is 0.191 e. The minimum absolute atomic E-state index is 0. The van der Waals surface area contributed by atoms with Crippen molar-refractivity contribution >= 4 is 29.9 Å². The SMILES string of the molecule is CCNC(=NCCCOCC)NCCn1cccn1.I. The molecule has 1 rings (SSSR count). The number of halogens is 1. The highest BCUT2D eigenvalue weighted by Crippen LogP contribution is 1.86. The number of hydrogen-bond donors (Lipinski definition) is 2. The van der Waals surface area contributed by atoms with Crippen molar-refractivity contribution in [2.45, 2.75) is 26.8 Å². The van der Waals surface area contributed by atoms with Gasteiger partial charge >= 0.3 is 0 Å². The Balaban J connectivity index is 0.00000361. The summed E-state index contributed by atoms with van der Waals surface area (Å²) in [6.07, 6.45) is 4.68. The van der Waals surface area contributed by atoms with Gasteiger partial charge in [-0.2, -0.15) is 5.10 Å². The van der Waals surface area contributed by atoms with Crippen LogP contribution in [0.4, 0.5) is 0 Å². The highest BCUT2D eigenvalue weighted by atomic mass is 127. The van der Waals surface area contributed by atoms with Gasteiger partial charge in [-0.05, 0) is 26.3 Å². The third-order valence-corrected chi connectivity index (χ3v) is 2.46. The molecule has 0 aliphatic rings. The molecule has 0 fully saturated rings. The van der Waals surface area contributed by atoms with Gasteiger partial charge in [0.1, 0.15) is 0 Å². The zero-order valence-corrected chi connectivity index (χ0v) is 14.7. The van der Waals surface area contributed by atoms with Crippen molar-refractivity contribution in [2.24, 2.45) is 4.99 Å². The van der Waals surface area contributed by atoms with E-state index in [1.165, 1.54) is 0 Å². The zero-order valence-electron chi connectivity index (χ0n) is 12.3. The van der Waals surface area contributed by atoms with Crippen molar-refractivity contribution < 1.29 is 4.74 Å². The lowest BCUT2D eigenvalue weighted by molar-refractivity contribution is 0.146. The second-order valence-electron chi connectivity index (χ2n) is 4.01. The van der Waals surface area contributed by atoms with Crippen molar-refractivity contribution in [1.29, 1.82) is 0 Å². The van der Waals surface area contributed by atoms with Gasteiger partial charge in [-0.3, -0.25) is 9.67 Å². The molecule has 20 heavy (non-hydrogen) atoms. The molecule has 0 bridgehead atoms. The van der Waals surface area contributed by atoms with Gasteiger partial charge in [0.05, 0.1) is 6.54 Å². The number of rotatable bonds is 9. The zero-order chi connectivity index (χ0) is 13.8. The minimum Gasteiger partial charge on any atom is -0.382 e. The Bertz CT molecular complexity index is 343. The summed E-state index contributed by atoms with van der Waals surface area (Å²) in [6, 6.07) is 1.92. The molecule has 7 heteroatoms. The van der Waals surface area contributed by atoms with Gasteiger partial charge in [-0.1, -0.05) is 0 Å². The predicted molar refractivity (Wildman–Crippen MR) is 92.7 cm³/mol. The molecule has 1 aromatic heterocycles. The number of aromatic nitrogens is 2. The summed E-state index contributed by atoms with van der Waals surface area (Å²) in [4.78, 5) is 4.49. The maximum absolute atomic E-state index is 5.28. The Hall–Kier alpha value is -0.830. The Morgan fingerprint density at radius 2 is 2.20 bits per heavy atom. The van der Waals surface area contributed by atoms with Gasteiger partial charge in [-0.25, -0.2) is 0 Å². The molecule has 0 aliphatic carbocycles. The Morgan fingerprint density at radius 1 is 1.35 bits per heavy atom. The molecule has 116 valence electrons. The Labute approximate surface area is 138 Å². The van der Waals surface area contributed by atoms with Crippen LogP contribution < -0.4 is 10.6 Å². The van der Waals surface area contributed by atoms with Crippen molar-refractivity contribution in [2.75, 3.05) is 32.8 Å². The number of nitrogens with one attached hydrogen (secondary N) is 2. The summed E-state index contributed by atoms with van der Waals surface area (Å²) in [5.41, 5.74) is 0. The number of nitrogens with zero attached hydrogens (tertiary/aromatic N) is 3. The number of hydrogen-bond acceptors (Lipinski definition) is 3. The molecule has 1 aromatic rings. The van der Waals surface area contributed by atoms with Crippen LogP contribution in [0.25, 0.3) is 0 Å². The van der Waals surface area contributed by atoms with Gasteiger partial charge in [0.25, 0.3) is 0 Å². The summed E-state index contributed by atoms with van der Waals surface area (Å²) >= 11 is 0. The van der Waals surface area contributed by atoms with Crippen LogP contribution in [-0.2, 0) is 11.3 Å². The molecular weight excluding hydrogens is 369 g/mol. The maximum atomic E-state index is 5.28. The van der Waals surface area contributed by atoms with E-state index < -0.39 is 0 Å². The molecule has 0 spiro atoms. The van der Waals surface area contributed by atoms with Crippen LogP contribution >= 0.6 is 24.0 Å². The van der Waals surface area contributed by atoms with Gasteiger partial charge in [-0.15, -0.1) is 24.0 Å². The van der Waals surface area contributed by atoms with Crippen molar-refractivity contribution in [3.05, 3.63) is 18.5 Å². The summed E-state index contributed by atoms with van der Waals surface area (Å²) in [7, 11) is 0. The van der Waals surface area contributed by atoms with E-state index in [4.69, 9.17) is 4.74 Å². The van der Waals surface area contributed by atoms with Gasteiger partial charge in [0, 0.05) is 45.2 Å². The van der Waals surface area contributed by atoms with Crippen LogP contribution in [0.2, 0.25) is 0 Å². The van der Waals surface area contributed by atoms with Crippen LogP contribution in [0.3, 0.4) is 0 Å². The molecular formula is C13H26IN5O. The fourth-order valence-corrected chi connectivity index (χ4v) is 1.57. The van der Waals surface area contributed by atoms with Crippen LogP contribution in [-0.4, -0.2) is 48.6 Å². The number of aliphatic imine (C=N–C) groups is 1. The molecule has 0 amide bonds. The fraction of sp³-hybridized carbons (Fsp3) is 0.692. The standard InChI is InChI=1S/C13H25N5O.HI/c1-3-14-13(15-7-6-12-19-4-2)16-9-11-18-10-5-8-17-18;/h5,8,10H,3-4,6-7,9,11-12H2,1-2H3,(H2,14,15,16);1H. The van der Waals surface area contributed by atoms with Gasteiger partial charge in [0.15, 0.2) is 5.96 Å². The van der Waals surface area contributed by atoms with Crippen LogP contribution in [0, 0.1) is 0 Å². The second-order valence-corrected chi connectivity index (χ2v) is 4.01. The molecule has 0 saturated heterocycles. The quantitative estimate of drug-likeness (QED) is 0.288. The fourth-order valence-electron chi connectivity index (χ4n) is 1.57. The summed E-state index contributed by atoms with van der Waals surface area (Å²) < 4.78 is 7.18. The topological polar surface area (TPSA) is 63.5 Å². The molecule has 0 atom stereocenters. The van der Waals surface area contributed by atoms with E-state index in [1.54, 1.807) is 6.20 Å². The third-order valence-electron chi connectivity index (χ3n) is 2.46. The summed E-state index contributed by atoms with van der Waals surface area (Å²) in [5.74, 6) is 0.853. The van der Waals surface area contributed by atoms with E-state index in [2.05, 4.69) is 27.6 Å². The lowest BCUT2D eigenvalue weighted by Gasteiger charge is -2.11. The average molecular weight is 395 g/mol. The lowest BCUT2D eigenvalue weighted by Crippen LogP contribution is -2.39. The molecule has 0 saturated carbocycles. The third kappa shape index (κ3) is 9.13. The van der Waals surface area contributed by atoms with E-state index in [0.29, 0.717) is 0 Å². The highest BCUT2D eigenvalue weighted by Gasteiger charge is 1.97. The first-order chi connectivity index (χ1) is 9.36. The first-order valence-electron chi connectivity index (χ1n) is 6.94. The van der Waals surface area contributed by atoms with Crippen LogP contribution in [0.5, 0.6) is 0 Å². The van der Waals surface area contributed by atoms with Crippen molar-refractivity contribution in [1.82, 2.24) is 20.4 Å². The van der Waals surface area contributed by atoms with Crippen molar-refractivity contribution in [3.8, 4) is 0 Å². The molecule has 0 aliphatic heterocycles. The average Bonchev–Trinajstić information content (AvgIpc) is 2.91. The largest absolute Gasteiger partial charge is 0.382 e. The first-order valence-corrected chi connectivity index (χ1v) is 6.94. The van der Waals surface area contributed by atoms with Crippen LogP contribution in [0.1, 0.15) is 20.3 Å². The highest BCUT2D eigenvalue weighted by molar-refractivity contribution is 14.0. The van der Waals surface area contributed by atoms with Gasteiger partial charge < -0.3 is 15.4 Å². The lowest BCUT2D eigenvalue weighted by atomic mass is 10.4. The molecule has 1 heterocycles. The Morgan fingerprint density at radius 3 is 2.85 bits per heavy atom. The molecule has 2 N–H and O–H groups in total. The van der Waals surface area contributed by atoms with Crippen LogP contribution in [0.15, 0.2) is 23.5 Å². The van der Waals surface area contributed by atoms with E-state index in [9.17, 15) is 0 Å². The molecule has 0 radical (unpaired) electrons.